The maximum absolute atomic E-state index is 11.7. The van der Waals surface area contributed by atoms with Gasteiger partial charge in [-0.25, -0.2) is 0 Å². The molecule has 1 aliphatic heterocycles. The molecule has 1 atom stereocenters. The highest BCUT2D eigenvalue weighted by atomic mass is 16.5. The molecule has 2 amide bonds. The molecule has 0 saturated carbocycles. The van der Waals surface area contributed by atoms with Gasteiger partial charge in [0.05, 0.1) is 12.5 Å². The number of hydrogen-bond donors (Lipinski definition) is 2. The maximum atomic E-state index is 11.7. The first-order valence-corrected chi connectivity index (χ1v) is 5.85. The SMILES string of the molecule is COc1cc(N)ccc1OCC1(C)CC(=O)NC1=O. The number of hydrogen-bond acceptors (Lipinski definition) is 5. The normalized spacial score (nSPS) is 22.2. The fourth-order valence-corrected chi connectivity index (χ4v) is 1.91. The van der Waals surface area contributed by atoms with Gasteiger partial charge in [-0.15, -0.1) is 0 Å². The molecule has 3 N–H and O–H groups in total. The number of nitrogens with two attached hydrogens (primary N) is 1. The summed E-state index contributed by atoms with van der Waals surface area (Å²) in [5, 5.41) is 2.27. The Balaban J connectivity index is 2.11. The van der Waals surface area contributed by atoms with Gasteiger partial charge in [0.1, 0.15) is 6.61 Å². The predicted octanol–water partition coefficient (Wildman–Crippen LogP) is 0.709. The van der Waals surface area contributed by atoms with Crippen molar-refractivity contribution < 1.29 is 19.1 Å². The first-order valence-electron chi connectivity index (χ1n) is 5.85. The van der Waals surface area contributed by atoms with Gasteiger partial charge in [-0.1, -0.05) is 0 Å². The van der Waals surface area contributed by atoms with Gasteiger partial charge < -0.3 is 15.2 Å². The van der Waals surface area contributed by atoms with Crippen LogP contribution in [0.25, 0.3) is 0 Å². The molecule has 2 rings (SSSR count). The van der Waals surface area contributed by atoms with Gasteiger partial charge in [-0.2, -0.15) is 0 Å². The zero-order valence-corrected chi connectivity index (χ0v) is 10.9. The van der Waals surface area contributed by atoms with Crippen LogP contribution in [0.5, 0.6) is 11.5 Å². The molecule has 0 bridgehead atoms. The standard InChI is InChI=1S/C13H16N2O4/c1-13(6-11(16)15-12(13)17)7-19-9-4-3-8(14)5-10(9)18-2/h3-5H,6-7,14H2,1-2H3,(H,15,16,17). The quantitative estimate of drug-likeness (QED) is 0.617. The minimum absolute atomic E-state index is 0.102. The number of benzene rings is 1. The lowest BCUT2D eigenvalue weighted by atomic mass is 9.90. The van der Waals surface area contributed by atoms with Crippen LogP contribution in [0.1, 0.15) is 13.3 Å². The van der Waals surface area contributed by atoms with Crippen molar-refractivity contribution in [3.63, 3.8) is 0 Å². The number of imide groups is 1. The summed E-state index contributed by atoms with van der Waals surface area (Å²) in [7, 11) is 1.51. The summed E-state index contributed by atoms with van der Waals surface area (Å²) in [6, 6.07) is 4.99. The third-order valence-corrected chi connectivity index (χ3v) is 3.09. The molecule has 19 heavy (non-hydrogen) atoms. The summed E-state index contributed by atoms with van der Waals surface area (Å²) in [5.41, 5.74) is 5.36. The molecule has 0 spiro atoms. The van der Waals surface area contributed by atoms with Gasteiger partial charge in [-0.3, -0.25) is 14.9 Å². The molecule has 1 aromatic carbocycles. The van der Waals surface area contributed by atoms with Gasteiger partial charge in [0.25, 0.3) is 0 Å². The lowest BCUT2D eigenvalue weighted by Crippen LogP contribution is -2.34. The van der Waals surface area contributed by atoms with Crippen LogP contribution in [-0.2, 0) is 9.59 Å². The first-order chi connectivity index (χ1) is 8.94. The third kappa shape index (κ3) is 2.62. The number of ether oxygens (including phenoxy) is 2. The van der Waals surface area contributed by atoms with Crippen molar-refractivity contribution in [3.8, 4) is 11.5 Å². The summed E-state index contributed by atoms with van der Waals surface area (Å²) in [6.07, 6.45) is 0.128. The molecule has 1 aliphatic rings. The maximum Gasteiger partial charge on any atom is 0.236 e. The van der Waals surface area contributed by atoms with E-state index in [0.29, 0.717) is 17.2 Å². The van der Waals surface area contributed by atoms with E-state index >= 15 is 0 Å². The van der Waals surface area contributed by atoms with Crippen molar-refractivity contribution in [2.24, 2.45) is 5.41 Å². The summed E-state index contributed by atoms with van der Waals surface area (Å²) in [4.78, 5) is 22.9. The molecule has 1 heterocycles. The molecule has 6 nitrogen and oxygen atoms in total. The highest BCUT2D eigenvalue weighted by Gasteiger charge is 2.43. The van der Waals surface area contributed by atoms with Crippen molar-refractivity contribution in [2.45, 2.75) is 13.3 Å². The number of anilines is 1. The number of carbonyl (C=O) groups is 2. The van der Waals surface area contributed by atoms with Crippen LogP contribution in [0.3, 0.4) is 0 Å². The molecule has 1 fully saturated rings. The van der Waals surface area contributed by atoms with Gasteiger partial charge >= 0.3 is 0 Å². The first kappa shape index (κ1) is 13.2. The van der Waals surface area contributed by atoms with Crippen LogP contribution in [0, 0.1) is 5.41 Å². The summed E-state index contributed by atoms with van der Waals surface area (Å²) in [5.74, 6) is 0.394. The lowest BCUT2D eigenvalue weighted by molar-refractivity contribution is -0.129. The molecule has 0 aliphatic carbocycles. The highest BCUT2D eigenvalue weighted by molar-refractivity contribution is 6.05. The Labute approximate surface area is 110 Å². The minimum Gasteiger partial charge on any atom is -0.493 e. The summed E-state index contributed by atoms with van der Waals surface area (Å²) in [6.45, 7) is 1.79. The van der Waals surface area contributed by atoms with E-state index < -0.39 is 5.41 Å². The Morgan fingerprint density at radius 1 is 1.37 bits per heavy atom. The van der Waals surface area contributed by atoms with Crippen LogP contribution in [0.4, 0.5) is 5.69 Å². The topological polar surface area (TPSA) is 90.7 Å². The van der Waals surface area contributed by atoms with Gasteiger partial charge in [-0.05, 0) is 19.1 Å². The molecular weight excluding hydrogens is 248 g/mol. The van der Waals surface area contributed by atoms with E-state index in [0.717, 1.165) is 0 Å². The second kappa shape index (κ2) is 4.79. The van der Waals surface area contributed by atoms with Crippen LogP contribution >= 0.6 is 0 Å². The second-order valence-corrected chi connectivity index (χ2v) is 4.81. The van der Waals surface area contributed by atoms with Crippen LogP contribution < -0.4 is 20.5 Å². The molecular formula is C13H16N2O4. The van der Waals surface area contributed by atoms with E-state index in [1.165, 1.54) is 7.11 Å². The van der Waals surface area contributed by atoms with E-state index in [9.17, 15) is 9.59 Å². The summed E-state index contributed by atoms with van der Waals surface area (Å²) >= 11 is 0. The fraction of sp³-hybridized carbons (Fsp3) is 0.385. The number of methoxy groups -OCH3 is 1. The molecule has 1 saturated heterocycles. The van der Waals surface area contributed by atoms with E-state index in [2.05, 4.69) is 5.32 Å². The van der Waals surface area contributed by atoms with E-state index in [1.54, 1.807) is 25.1 Å². The Kier molecular flexibility index (Phi) is 3.33. The predicted molar refractivity (Wildman–Crippen MR) is 68.8 cm³/mol. The Morgan fingerprint density at radius 3 is 2.68 bits per heavy atom. The molecule has 6 heteroatoms. The number of nitrogens with one attached hydrogen (secondary N) is 1. The Bertz CT molecular complexity index is 529. The smallest absolute Gasteiger partial charge is 0.236 e. The number of amides is 2. The van der Waals surface area contributed by atoms with E-state index in [1.807, 2.05) is 0 Å². The third-order valence-electron chi connectivity index (χ3n) is 3.09. The van der Waals surface area contributed by atoms with E-state index in [4.69, 9.17) is 15.2 Å². The van der Waals surface area contributed by atoms with Crippen LogP contribution in [0.2, 0.25) is 0 Å². The van der Waals surface area contributed by atoms with Crippen molar-refractivity contribution in [1.82, 2.24) is 5.32 Å². The van der Waals surface area contributed by atoms with Crippen molar-refractivity contribution >= 4 is 17.5 Å². The van der Waals surface area contributed by atoms with Crippen LogP contribution in [0.15, 0.2) is 18.2 Å². The monoisotopic (exact) mass is 264 g/mol. The lowest BCUT2D eigenvalue weighted by Gasteiger charge is -2.20. The van der Waals surface area contributed by atoms with Crippen LogP contribution in [-0.4, -0.2) is 25.5 Å². The molecule has 1 aromatic rings. The van der Waals surface area contributed by atoms with Gasteiger partial charge in [0, 0.05) is 18.2 Å². The molecule has 0 radical (unpaired) electrons. The zero-order valence-electron chi connectivity index (χ0n) is 10.9. The second-order valence-electron chi connectivity index (χ2n) is 4.81. The molecule has 1 unspecified atom stereocenters. The molecule has 102 valence electrons. The zero-order chi connectivity index (χ0) is 14.0. The van der Waals surface area contributed by atoms with Crippen molar-refractivity contribution in [3.05, 3.63) is 18.2 Å². The molecule has 0 aromatic heterocycles. The average molecular weight is 264 g/mol. The van der Waals surface area contributed by atoms with Crippen molar-refractivity contribution in [2.75, 3.05) is 19.5 Å². The van der Waals surface area contributed by atoms with E-state index in [-0.39, 0.29) is 24.8 Å². The average Bonchev–Trinajstić information content (AvgIpc) is 2.61. The number of nitrogen functional groups attached to an aromatic ring is 1. The Morgan fingerprint density at radius 2 is 2.11 bits per heavy atom. The van der Waals surface area contributed by atoms with Crippen molar-refractivity contribution in [1.29, 1.82) is 0 Å². The van der Waals surface area contributed by atoms with Gasteiger partial charge in [0.15, 0.2) is 11.5 Å². The number of rotatable bonds is 4. The Hall–Kier alpha value is -2.24. The highest BCUT2D eigenvalue weighted by Crippen LogP contribution is 2.33. The largest absolute Gasteiger partial charge is 0.493 e. The summed E-state index contributed by atoms with van der Waals surface area (Å²) < 4.78 is 10.7. The minimum atomic E-state index is -0.844. The fourth-order valence-electron chi connectivity index (χ4n) is 1.91. The van der Waals surface area contributed by atoms with Gasteiger partial charge in [0.2, 0.25) is 11.8 Å². The number of carbonyl (C=O) groups excluding carboxylic acids is 2.